The molecule has 1 aliphatic rings. The quantitative estimate of drug-likeness (QED) is 0.725. The van der Waals surface area contributed by atoms with Gasteiger partial charge in [0.15, 0.2) is 0 Å². The molecule has 1 heterocycles. The molecule has 4 nitrogen and oxygen atoms in total. The van der Waals surface area contributed by atoms with Gasteiger partial charge in [-0.15, -0.1) is 0 Å². The minimum Gasteiger partial charge on any atom is -0.195 e. The number of alkyl halides is 1. The topological polar surface area (TPSA) is 40.6 Å². The second-order valence-electron chi connectivity index (χ2n) is 4.09. The third-order valence-corrected chi connectivity index (χ3v) is 6.25. The van der Waals surface area contributed by atoms with Crippen LogP contribution in [0.15, 0.2) is 0 Å². The molecule has 0 amide bonds. The van der Waals surface area contributed by atoms with E-state index in [1.165, 1.54) is 4.31 Å². The number of piperidine rings is 1. The summed E-state index contributed by atoms with van der Waals surface area (Å²) >= 11 is 3.46. The Morgan fingerprint density at radius 3 is 2.12 bits per heavy atom. The fourth-order valence-corrected chi connectivity index (χ4v) is 4.31. The Hall–Kier alpha value is 0.350. The monoisotopic (exact) mass is 312 g/mol. The van der Waals surface area contributed by atoms with Gasteiger partial charge in [-0.25, -0.2) is 0 Å². The lowest BCUT2D eigenvalue weighted by Crippen LogP contribution is -2.47. The Kier molecular flexibility index (Phi) is 5.70. The summed E-state index contributed by atoms with van der Waals surface area (Å²) in [4.78, 5) is 0. The third kappa shape index (κ3) is 3.18. The highest BCUT2D eigenvalue weighted by Gasteiger charge is 2.30. The van der Waals surface area contributed by atoms with Crippen molar-refractivity contribution < 1.29 is 8.42 Å². The average Bonchev–Trinajstić information content (AvgIpc) is 2.30. The van der Waals surface area contributed by atoms with E-state index in [1.54, 1.807) is 4.31 Å². The van der Waals surface area contributed by atoms with Gasteiger partial charge >= 0.3 is 0 Å². The van der Waals surface area contributed by atoms with E-state index in [0.717, 1.165) is 18.2 Å². The zero-order valence-electron chi connectivity index (χ0n) is 10.0. The van der Waals surface area contributed by atoms with Crippen LogP contribution in [0, 0.1) is 5.92 Å². The van der Waals surface area contributed by atoms with Crippen LogP contribution in [0.25, 0.3) is 0 Å². The summed E-state index contributed by atoms with van der Waals surface area (Å²) in [5.74, 6) is 0.628. The van der Waals surface area contributed by atoms with Gasteiger partial charge in [0.2, 0.25) is 0 Å². The first-order chi connectivity index (χ1) is 7.56. The highest BCUT2D eigenvalue weighted by molar-refractivity contribution is 9.09. The van der Waals surface area contributed by atoms with Gasteiger partial charge in [0.1, 0.15) is 0 Å². The number of hydrogen-bond acceptors (Lipinski definition) is 2. The summed E-state index contributed by atoms with van der Waals surface area (Å²) in [7, 11) is -3.20. The summed E-state index contributed by atoms with van der Waals surface area (Å²) in [6, 6.07) is 0. The molecule has 96 valence electrons. The second kappa shape index (κ2) is 6.33. The first kappa shape index (κ1) is 14.4. The molecule has 1 saturated heterocycles. The molecule has 0 aromatic carbocycles. The molecule has 0 bridgehead atoms. The van der Waals surface area contributed by atoms with Crippen molar-refractivity contribution >= 4 is 26.1 Å². The molecule has 1 aliphatic heterocycles. The van der Waals surface area contributed by atoms with Gasteiger partial charge in [0.25, 0.3) is 10.2 Å². The van der Waals surface area contributed by atoms with Crippen molar-refractivity contribution in [1.82, 2.24) is 8.61 Å². The molecular formula is C10H21BrN2O2S. The third-order valence-electron chi connectivity index (χ3n) is 3.15. The average molecular weight is 313 g/mol. The van der Waals surface area contributed by atoms with E-state index in [2.05, 4.69) is 15.9 Å². The molecule has 0 aliphatic carbocycles. The Labute approximate surface area is 107 Å². The van der Waals surface area contributed by atoms with Crippen molar-refractivity contribution in [1.29, 1.82) is 0 Å². The number of rotatable bonds is 5. The molecule has 6 heteroatoms. The number of hydrogen-bond donors (Lipinski definition) is 0. The standard InChI is InChI=1S/C10H21BrN2O2S/c1-3-12(4-2)16(14,15)13-7-5-10(9-11)6-8-13/h10H,3-9H2,1-2H3. The molecule has 0 saturated carbocycles. The van der Waals surface area contributed by atoms with E-state index in [-0.39, 0.29) is 0 Å². The molecule has 0 atom stereocenters. The van der Waals surface area contributed by atoms with E-state index in [9.17, 15) is 8.42 Å². The molecule has 0 spiro atoms. The largest absolute Gasteiger partial charge is 0.281 e. The summed E-state index contributed by atoms with van der Waals surface area (Å²) in [6.07, 6.45) is 1.93. The van der Waals surface area contributed by atoms with E-state index < -0.39 is 10.2 Å². The van der Waals surface area contributed by atoms with Gasteiger partial charge in [0, 0.05) is 31.5 Å². The van der Waals surface area contributed by atoms with Crippen LogP contribution < -0.4 is 0 Å². The van der Waals surface area contributed by atoms with Crippen molar-refractivity contribution in [3.8, 4) is 0 Å². The first-order valence-corrected chi connectivity index (χ1v) is 8.39. The van der Waals surface area contributed by atoms with Gasteiger partial charge in [0.05, 0.1) is 0 Å². The van der Waals surface area contributed by atoms with E-state index in [0.29, 0.717) is 32.1 Å². The SMILES string of the molecule is CCN(CC)S(=O)(=O)N1CCC(CBr)CC1. The molecule has 1 rings (SSSR count). The summed E-state index contributed by atoms with van der Waals surface area (Å²) in [6.45, 7) is 6.19. The Balaban J connectivity index is 2.64. The van der Waals surface area contributed by atoms with Crippen LogP contribution in [0.5, 0.6) is 0 Å². The van der Waals surface area contributed by atoms with Crippen LogP contribution >= 0.6 is 15.9 Å². The molecule has 0 radical (unpaired) electrons. The number of halogens is 1. The van der Waals surface area contributed by atoms with Crippen molar-refractivity contribution in [2.24, 2.45) is 5.92 Å². The minimum atomic E-state index is -3.20. The van der Waals surface area contributed by atoms with E-state index >= 15 is 0 Å². The molecule has 0 unspecified atom stereocenters. The maximum absolute atomic E-state index is 12.2. The highest BCUT2D eigenvalue weighted by Crippen LogP contribution is 2.22. The zero-order valence-corrected chi connectivity index (χ0v) is 12.4. The zero-order chi connectivity index (χ0) is 12.2. The number of nitrogens with zero attached hydrogens (tertiary/aromatic N) is 2. The molecule has 0 N–H and O–H groups in total. The normalized spacial score (nSPS) is 20.5. The Morgan fingerprint density at radius 2 is 1.75 bits per heavy atom. The van der Waals surface area contributed by atoms with Crippen molar-refractivity contribution in [2.45, 2.75) is 26.7 Å². The first-order valence-electron chi connectivity index (χ1n) is 5.87. The second-order valence-corrected chi connectivity index (χ2v) is 6.66. The maximum atomic E-state index is 12.2. The van der Waals surface area contributed by atoms with Gasteiger partial charge in [-0.2, -0.15) is 17.0 Å². The maximum Gasteiger partial charge on any atom is 0.281 e. The summed E-state index contributed by atoms with van der Waals surface area (Å²) in [5.41, 5.74) is 0. The van der Waals surface area contributed by atoms with Crippen LogP contribution in [0.4, 0.5) is 0 Å². The van der Waals surface area contributed by atoms with E-state index in [4.69, 9.17) is 0 Å². The van der Waals surface area contributed by atoms with Crippen LogP contribution in [-0.4, -0.2) is 48.5 Å². The van der Waals surface area contributed by atoms with Crippen molar-refractivity contribution in [3.05, 3.63) is 0 Å². The lowest BCUT2D eigenvalue weighted by molar-refractivity contribution is 0.270. The molecular weight excluding hydrogens is 292 g/mol. The molecule has 16 heavy (non-hydrogen) atoms. The van der Waals surface area contributed by atoms with Gasteiger partial charge < -0.3 is 0 Å². The summed E-state index contributed by atoms with van der Waals surface area (Å²) < 4.78 is 27.5. The van der Waals surface area contributed by atoms with Crippen molar-refractivity contribution in [3.63, 3.8) is 0 Å². The highest BCUT2D eigenvalue weighted by atomic mass is 79.9. The lowest BCUT2D eigenvalue weighted by Gasteiger charge is -2.33. The smallest absolute Gasteiger partial charge is 0.195 e. The molecule has 1 fully saturated rings. The fraction of sp³-hybridized carbons (Fsp3) is 1.00. The van der Waals surface area contributed by atoms with E-state index in [1.807, 2.05) is 13.8 Å². The minimum absolute atomic E-state index is 0.553. The molecule has 0 aromatic rings. The Morgan fingerprint density at radius 1 is 1.25 bits per heavy atom. The van der Waals surface area contributed by atoms with Crippen LogP contribution in [0.1, 0.15) is 26.7 Å². The van der Waals surface area contributed by atoms with Gasteiger partial charge in [-0.05, 0) is 18.8 Å². The Bertz CT molecular complexity index is 296. The molecule has 0 aromatic heterocycles. The van der Waals surface area contributed by atoms with Crippen LogP contribution in [-0.2, 0) is 10.2 Å². The van der Waals surface area contributed by atoms with Crippen molar-refractivity contribution in [2.75, 3.05) is 31.5 Å². The summed E-state index contributed by atoms with van der Waals surface area (Å²) in [5, 5.41) is 0.978. The van der Waals surface area contributed by atoms with Crippen LogP contribution in [0.2, 0.25) is 0 Å². The van der Waals surface area contributed by atoms with Gasteiger partial charge in [-0.3, -0.25) is 0 Å². The lowest BCUT2D eigenvalue weighted by atomic mass is 10.0. The predicted octanol–water partition coefficient (Wildman–Crippen LogP) is 1.68. The fourth-order valence-electron chi connectivity index (χ4n) is 2.01. The van der Waals surface area contributed by atoms with Crippen LogP contribution in [0.3, 0.4) is 0 Å². The predicted molar refractivity (Wildman–Crippen MR) is 69.9 cm³/mol. The van der Waals surface area contributed by atoms with Gasteiger partial charge in [-0.1, -0.05) is 29.8 Å².